The Morgan fingerprint density at radius 1 is 1.04 bits per heavy atom. The molecule has 126 valence electrons. The second kappa shape index (κ2) is 6.65. The number of carbonyl (C=O) groups excluding carboxylic acids is 1. The van der Waals surface area contributed by atoms with Gasteiger partial charge in [-0.3, -0.25) is 14.7 Å². The third-order valence-electron chi connectivity index (χ3n) is 4.78. The molecule has 1 saturated carbocycles. The van der Waals surface area contributed by atoms with Gasteiger partial charge in [0.15, 0.2) is 0 Å². The van der Waals surface area contributed by atoms with Crippen molar-refractivity contribution in [3.63, 3.8) is 0 Å². The minimum Gasteiger partial charge on any atom is -0.366 e. The molecule has 2 N–H and O–H groups in total. The van der Waals surface area contributed by atoms with E-state index in [2.05, 4.69) is 34.1 Å². The Morgan fingerprint density at radius 2 is 1.80 bits per heavy atom. The maximum atomic E-state index is 11.2. The molecule has 4 nitrogen and oxygen atoms in total. The van der Waals surface area contributed by atoms with Crippen molar-refractivity contribution in [3.05, 3.63) is 77.5 Å². The molecule has 1 aliphatic rings. The number of primary amides is 1. The first-order valence-corrected chi connectivity index (χ1v) is 8.66. The molecule has 0 atom stereocenters. The summed E-state index contributed by atoms with van der Waals surface area (Å²) in [7, 11) is 0. The number of hydrogen-bond acceptors (Lipinski definition) is 3. The first kappa shape index (κ1) is 15.8. The van der Waals surface area contributed by atoms with Gasteiger partial charge in [0.05, 0.1) is 5.52 Å². The molecule has 1 aliphatic carbocycles. The molecular formula is C21H21N3O. The number of aromatic nitrogens is 1. The van der Waals surface area contributed by atoms with Gasteiger partial charge in [-0.2, -0.15) is 0 Å². The average molecular weight is 331 g/mol. The van der Waals surface area contributed by atoms with Crippen molar-refractivity contribution in [1.82, 2.24) is 9.88 Å². The Balaban J connectivity index is 1.56. The van der Waals surface area contributed by atoms with Crippen molar-refractivity contribution < 1.29 is 4.79 Å². The number of nitrogens with zero attached hydrogens (tertiary/aromatic N) is 2. The summed E-state index contributed by atoms with van der Waals surface area (Å²) in [6.07, 6.45) is 4.35. The number of carbonyl (C=O) groups is 1. The molecule has 3 aromatic rings. The molecule has 25 heavy (non-hydrogen) atoms. The SMILES string of the molecule is NC(=O)c1ccc(CN(Cc2cccc3cccnc23)C2CC2)cc1. The molecular weight excluding hydrogens is 310 g/mol. The van der Waals surface area contributed by atoms with Gasteiger partial charge in [0.1, 0.15) is 0 Å². The topological polar surface area (TPSA) is 59.2 Å². The number of para-hydroxylation sites is 1. The molecule has 2 aromatic carbocycles. The summed E-state index contributed by atoms with van der Waals surface area (Å²) in [6.45, 7) is 1.75. The number of amides is 1. The van der Waals surface area contributed by atoms with Crippen molar-refractivity contribution in [2.45, 2.75) is 32.0 Å². The van der Waals surface area contributed by atoms with Gasteiger partial charge in [0.2, 0.25) is 5.91 Å². The molecule has 0 bridgehead atoms. The Labute approximate surface area is 147 Å². The van der Waals surface area contributed by atoms with E-state index in [-0.39, 0.29) is 5.91 Å². The van der Waals surface area contributed by atoms with E-state index in [0.29, 0.717) is 11.6 Å². The molecule has 1 aromatic heterocycles. The van der Waals surface area contributed by atoms with Crippen molar-refractivity contribution in [3.8, 4) is 0 Å². The predicted molar refractivity (Wildman–Crippen MR) is 99.0 cm³/mol. The number of benzene rings is 2. The molecule has 0 aliphatic heterocycles. The highest BCUT2D eigenvalue weighted by molar-refractivity contribution is 5.92. The molecule has 1 heterocycles. The van der Waals surface area contributed by atoms with E-state index < -0.39 is 0 Å². The minimum absolute atomic E-state index is 0.382. The van der Waals surface area contributed by atoms with E-state index in [1.54, 1.807) is 0 Å². The zero-order valence-corrected chi connectivity index (χ0v) is 14.1. The quantitative estimate of drug-likeness (QED) is 0.752. The Morgan fingerprint density at radius 3 is 2.52 bits per heavy atom. The van der Waals surface area contributed by atoms with E-state index in [1.165, 1.54) is 29.4 Å². The zero-order valence-electron chi connectivity index (χ0n) is 14.1. The molecule has 4 heteroatoms. The highest BCUT2D eigenvalue weighted by Crippen LogP contribution is 2.31. The minimum atomic E-state index is -0.382. The van der Waals surface area contributed by atoms with Crippen LogP contribution in [0.15, 0.2) is 60.8 Å². The average Bonchev–Trinajstić information content (AvgIpc) is 3.47. The van der Waals surface area contributed by atoms with Gasteiger partial charge in [-0.1, -0.05) is 36.4 Å². The van der Waals surface area contributed by atoms with E-state index >= 15 is 0 Å². The molecule has 4 rings (SSSR count). The summed E-state index contributed by atoms with van der Waals surface area (Å²) < 4.78 is 0. The van der Waals surface area contributed by atoms with Gasteiger partial charge in [0.25, 0.3) is 0 Å². The lowest BCUT2D eigenvalue weighted by atomic mass is 10.1. The van der Waals surface area contributed by atoms with Gasteiger partial charge < -0.3 is 5.73 Å². The summed E-state index contributed by atoms with van der Waals surface area (Å²) in [4.78, 5) is 18.3. The monoisotopic (exact) mass is 331 g/mol. The second-order valence-electron chi connectivity index (χ2n) is 6.69. The fraction of sp³-hybridized carbons (Fsp3) is 0.238. The van der Waals surface area contributed by atoms with Crippen LogP contribution >= 0.6 is 0 Å². The molecule has 1 amide bonds. The van der Waals surface area contributed by atoms with Gasteiger partial charge in [0, 0.05) is 36.3 Å². The lowest BCUT2D eigenvalue weighted by molar-refractivity contribution is 0.100. The van der Waals surface area contributed by atoms with Crippen LogP contribution in [0.25, 0.3) is 10.9 Å². The lowest BCUT2D eigenvalue weighted by Gasteiger charge is -2.23. The standard InChI is InChI=1S/C21H21N3O/c22-21(25)17-8-6-15(7-9-17)13-24(19-10-11-19)14-18-4-1-3-16-5-2-12-23-20(16)18/h1-9,12,19H,10-11,13-14H2,(H2,22,25). The number of rotatable bonds is 6. The van der Waals surface area contributed by atoms with E-state index in [1.807, 2.05) is 36.5 Å². The smallest absolute Gasteiger partial charge is 0.248 e. The third-order valence-corrected chi connectivity index (χ3v) is 4.78. The summed E-state index contributed by atoms with van der Waals surface area (Å²) in [5.74, 6) is -0.382. The highest BCUT2D eigenvalue weighted by atomic mass is 16.1. The van der Waals surface area contributed by atoms with Crippen LogP contribution in [0.2, 0.25) is 0 Å². The molecule has 0 unspecified atom stereocenters. The molecule has 1 fully saturated rings. The Hall–Kier alpha value is -2.72. The first-order chi connectivity index (χ1) is 12.2. The molecule has 0 spiro atoms. The normalized spacial score (nSPS) is 14.1. The summed E-state index contributed by atoms with van der Waals surface area (Å²) in [5.41, 5.74) is 9.42. The number of fused-ring (bicyclic) bond motifs is 1. The Bertz CT molecular complexity index is 895. The van der Waals surface area contributed by atoms with Gasteiger partial charge in [-0.25, -0.2) is 0 Å². The lowest BCUT2D eigenvalue weighted by Crippen LogP contribution is -2.25. The van der Waals surface area contributed by atoms with Crippen molar-refractivity contribution in [2.75, 3.05) is 0 Å². The fourth-order valence-corrected chi connectivity index (χ4v) is 3.28. The summed E-state index contributed by atoms with van der Waals surface area (Å²) in [5, 5.41) is 1.18. The van der Waals surface area contributed by atoms with Crippen molar-refractivity contribution in [2.24, 2.45) is 5.73 Å². The molecule has 0 saturated heterocycles. The number of nitrogens with two attached hydrogens (primary N) is 1. The van der Waals surface area contributed by atoms with Gasteiger partial charge in [-0.05, 0) is 42.2 Å². The summed E-state index contributed by atoms with van der Waals surface area (Å²) >= 11 is 0. The molecule has 0 radical (unpaired) electrons. The second-order valence-corrected chi connectivity index (χ2v) is 6.69. The van der Waals surface area contributed by atoms with Crippen LogP contribution in [0, 0.1) is 0 Å². The number of pyridine rings is 1. The number of hydrogen-bond donors (Lipinski definition) is 1. The van der Waals surface area contributed by atoms with Crippen LogP contribution in [0.3, 0.4) is 0 Å². The van der Waals surface area contributed by atoms with Gasteiger partial charge in [-0.15, -0.1) is 0 Å². The maximum absolute atomic E-state index is 11.2. The first-order valence-electron chi connectivity index (χ1n) is 8.66. The van der Waals surface area contributed by atoms with Crippen LogP contribution in [0.4, 0.5) is 0 Å². The van der Waals surface area contributed by atoms with Crippen LogP contribution in [0.5, 0.6) is 0 Å². The maximum Gasteiger partial charge on any atom is 0.248 e. The van der Waals surface area contributed by atoms with E-state index in [9.17, 15) is 4.79 Å². The van der Waals surface area contributed by atoms with Crippen LogP contribution in [0.1, 0.15) is 34.3 Å². The van der Waals surface area contributed by atoms with Crippen LogP contribution in [-0.2, 0) is 13.1 Å². The fourth-order valence-electron chi connectivity index (χ4n) is 3.28. The van der Waals surface area contributed by atoms with Crippen molar-refractivity contribution in [1.29, 1.82) is 0 Å². The van der Waals surface area contributed by atoms with E-state index in [0.717, 1.165) is 18.6 Å². The van der Waals surface area contributed by atoms with E-state index in [4.69, 9.17) is 5.73 Å². The Kier molecular flexibility index (Phi) is 4.20. The van der Waals surface area contributed by atoms with Crippen molar-refractivity contribution >= 4 is 16.8 Å². The van der Waals surface area contributed by atoms with Crippen LogP contribution in [-0.4, -0.2) is 21.8 Å². The van der Waals surface area contributed by atoms with Crippen LogP contribution < -0.4 is 5.73 Å². The highest BCUT2D eigenvalue weighted by Gasteiger charge is 2.29. The predicted octanol–water partition coefficient (Wildman–Crippen LogP) is 3.50. The van der Waals surface area contributed by atoms with Gasteiger partial charge >= 0.3 is 0 Å². The third kappa shape index (κ3) is 3.54. The largest absolute Gasteiger partial charge is 0.366 e. The zero-order chi connectivity index (χ0) is 17.2. The summed E-state index contributed by atoms with van der Waals surface area (Å²) in [6, 6.07) is 18.7.